The first kappa shape index (κ1) is 23.2. The highest BCUT2D eigenvalue weighted by molar-refractivity contribution is 5.92. The zero-order chi connectivity index (χ0) is 22.8. The fraction of sp³-hybridized carbons (Fsp3) is 0.259. The Balaban J connectivity index is 1.83. The molecule has 32 heavy (non-hydrogen) atoms. The largest absolute Gasteiger partial charge is 0.349 e. The van der Waals surface area contributed by atoms with Crippen LogP contribution >= 0.6 is 0 Å². The summed E-state index contributed by atoms with van der Waals surface area (Å²) in [6.45, 7) is 1.37. The Morgan fingerprint density at radius 3 is 1.75 bits per heavy atom. The van der Waals surface area contributed by atoms with Gasteiger partial charge in [-0.2, -0.15) is 0 Å². The third-order valence-electron chi connectivity index (χ3n) is 5.37. The number of benzene rings is 3. The number of hydrogen-bond acceptors (Lipinski definition) is 2. The molecule has 0 spiro atoms. The SMILES string of the molecule is C[NH+](C)CCNC(=O)[C@H](Cc1ccccc1)NC(=O)C(c1ccccc1)c1ccccc1. The maximum atomic E-state index is 13.5. The molecule has 0 radical (unpaired) electrons. The quantitative estimate of drug-likeness (QED) is 0.459. The number of nitrogens with one attached hydrogen (secondary N) is 3. The number of likely N-dealkylation sites (N-methyl/N-ethyl adjacent to an activating group) is 1. The van der Waals surface area contributed by atoms with Gasteiger partial charge in [0, 0.05) is 6.42 Å². The summed E-state index contributed by atoms with van der Waals surface area (Å²) >= 11 is 0. The Labute approximate surface area is 190 Å². The molecule has 0 unspecified atom stereocenters. The lowest BCUT2D eigenvalue weighted by Gasteiger charge is -2.23. The van der Waals surface area contributed by atoms with Gasteiger partial charge in [-0.3, -0.25) is 9.59 Å². The van der Waals surface area contributed by atoms with E-state index >= 15 is 0 Å². The molecule has 0 aliphatic rings. The van der Waals surface area contributed by atoms with Gasteiger partial charge >= 0.3 is 0 Å². The predicted molar refractivity (Wildman–Crippen MR) is 127 cm³/mol. The molecule has 0 aromatic heterocycles. The van der Waals surface area contributed by atoms with E-state index in [1.165, 1.54) is 4.90 Å². The van der Waals surface area contributed by atoms with Crippen LogP contribution in [0.1, 0.15) is 22.6 Å². The number of quaternary nitrogens is 1. The number of carbonyl (C=O) groups excluding carboxylic acids is 2. The van der Waals surface area contributed by atoms with E-state index in [-0.39, 0.29) is 11.8 Å². The molecule has 5 nitrogen and oxygen atoms in total. The minimum atomic E-state index is -0.656. The smallest absolute Gasteiger partial charge is 0.243 e. The molecule has 0 saturated carbocycles. The summed E-state index contributed by atoms with van der Waals surface area (Å²) in [7, 11) is 4.08. The molecule has 0 fully saturated rings. The van der Waals surface area contributed by atoms with Crippen molar-refractivity contribution in [3.63, 3.8) is 0 Å². The van der Waals surface area contributed by atoms with Gasteiger partial charge in [-0.15, -0.1) is 0 Å². The number of hydrogen-bond donors (Lipinski definition) is 3. The predicted octanol–water partition coefficient (Wildman–Crippen LogP) is 1.81. The van der Waals surface area contributed by atoms with Crippen molar-refractivity contribution in [2.45, 2.75) is 18.4 Å². The van der Waals surface area contributed by atoms with E-state index < -0.39 is 12.0 Å². The molecular weight excluding hydrogens is 398 g/mol. The molecule has 3 N–H and O–H groups in total. The molecule has 3 aromatic carbocycles. The first-order valence-electron chi connectivity index (χ1n) is 11.1. The summed E-state index contributed by atoms with van der Waals surface area (Å²) in [4.78, 5) is 27.8. The Morgan fingerprint density at radius 1 is 0.750 bits per heavy atom. The molecule has 2 amide bonds. The standard InChI is InChI=1S/C27H31N3O2/c1-30(2)19-18-28-26(31)24(20-21-12-6-3-7-13-21)29-27(32)25(22-14-8-4-9-15-22)23-16-10-5-11-17-23/h3-17,24-25H,18-20H2,1-2H3,(H,28,31)(H,29,32)/p+1/t24-/m0/s1. The van der Waals surface area contributed by atoms with Gasteiger partial charge in [0.15, 0.2) is 0 Å². The molecule has 0 bridgehead atoms. The molecular formula is C27H32N3O2+. The molecule has 3 aromatic rings. The van der Waals surface area contributed by atoms with Gasteiger partial charge < -0.3 is 15.5 Å². The van der Waals surface area contributed by atoms with Crippen LogP contribution in [0.15, 0.2) is 91.0 Å². The van der Waals surface area contributed by atoms with Crippen LogP contribution < -0.4 is 15.5 Å². The summed E-state index contributed by atoms with van der Waals surface area (Å²) in [6, 6.07) is 28.5. The van der Waals surface area contributed by atoms with E-state index in [4.69, 9.17) is 0 Å². The zero-order valence-electron chi connectivity index (χ0n) is 18.8. The number of amides is 2. The average Bonchev–Trinajstić information content (AvgIpc) is 2.80. The fourth-order valence-electron chi connectivity index (χ4n) is 3.66. The lowest BCUT2D eigenvalue weighted by Crippen LogP contribution is -3.06. The lowest BCUT2D eigenvalue weighted by atomic mass is 9.90. The first-order valence-corrected chi connectivity index (χ1v) is 11.1. The number of carbonyl (C=O) groups is 2. The van der Waals surface area contributed by atoms with E-state index in [1.807, 2.05) is 105 Å². The van der Waals surface area contributed by atoms with Crippen LogP contribution in [0.2, 0.25) is 0 Å². The molecule has 5 heteroatoms. The third-order valence-corrected chi connectivity index (χ3v) is 5.37. The van der Waals surface area contributed by atoms with Crippen molar-refractivity contribution in [2.24, 2.45) is 0 Å². The summed E-state index contributed by atoms with van der Waals surface area (Å²) in [5.41, 5.74) is 2.79. The first-order chi connectivity index (χ1) is 15.5. The molecule has 0 aliphatic carbocycles. The van der Waals surface area contributed by atoms with Gasteiger partial charge in [-0.25, -0.2) is 0 Å². The number of rotatable bonds is 10. The van der Waals surface area contributed by atoms with E-state index in [0.717, 1.165) is 23.2 Å². The van der Waals surface area contributed by atoms with E-state index in [1.54, 1.807) is 0 Å². The minimum Gasteiger partial charge on any atom is -0.349 e. The Kier molecular flexibility index (Phi) is 8.58. The summed E-state index contributed by atoms with van der Waals surface area (Å²) in [5.74, 6) is -0.838. The van der Waals surface area contributed by atoms with Crippen molar-refractivity contribution in [2.75, 3.05) is 27.2 Å². The highest BCUT2D eigenvalue weighted by Gasteiger charge is 2.28. The van der Waals surface area contributed by atoms with Gasteiger partial charge in [0.25, 0.3) is 0 Å². The van der Waals surface area contributed by atoms with Gasteiger partial charge in [0.2, 0.25) is 11.8 Å². The summed E-state index contributed by atoms with van der Waals surface area (Å²) < 4.78 is 0. The third kappa shape index (κ3) is 6.79. The maximum Gasteiger partial charge on any atom is 0.243 e. The van der Waals surface area contributed by atoms with Crippen LogP contribution in [-0.4, -0.2) is 45.0 Å². The van der Waals surface area contributed by atoms with Crippen molar-refractivity contribution in [3.8, 4) is 0 Å². The van der Waals surface area contributed by atoms with Crippen molar-refractivity contribution in [1.29, 1.82) is 0 Å². The topological polar surface area (TPSA) is 62.6 Å². The molecule has 0 heterocycles. The molecule has 3 rings (SSSR count). The fourth-order valence-corrected chi connectivity index (χ4v) is 3.66. The average molecular weight is 431 g/mol. The van der Waals surface area contributed by atoms with Crippen molar-refractivity contribution >= 4 is 11.8 Å². The van der Waals surface area contributed by atoms with Crippen LogP contribution in [0, 0.1) is 0 Å². The highest BCUT2D eigenvalue weighted by atomic mass is 16.2. The molecule has 166 valence electrons. The van der Waals surface area contributed by atoms with Crippen molar-refractivity contribution in [3.05, 3.63) is 108 Å². The van der Waals surface area contributed by atoms with E-state index in [2.05, 4.69) is 10.6 Å². The van der Waals surface area contributed by atoms with Crippen LogP contribution in [0.5, 0.6) is 0 Å². The van der Waals surface area contributed by atoms with Gasteiger partial charge in [-0.05, 0) is 16.7 Å². The van der Waals surface area contributed by atoms with Gasteiger partial charge in [-0.1, -0.05) is 91.0 Å². The molecule has 0 saturated heterocycles. The van der Waals surface area contributed by atoms with E-state index in [0.29, 0.717) is 13.0 Å². The second-order valence-electron chi connectivity index (χ2n) is 8.25. The lowest BCUT2D eigenvalue weighted by molar-refractivity contribution is -0.856. The van der Waals surface area contributed by atoms with Crippen molar-refractivity contribution in [1.82, 2.24) is 10.6 Å². The Bertz CT molecular complexity index is 936. The Hall–Kier alpha value is -3.44. The minimum absolute atomic E-state index is 0.164. The van der Waals surface area contributed by atoms with E-state index in [9.17, 15) is 9.59 Å². The van der Waals surface area contributed by atoms with Gasteiger partial charge in [0.05, 0.1) is 33.1 Å². The second-order valence-corrected chi connectivity index (χ2v) is 8.25. The van der Waals surface area contributed by atoms with Crippen molar-refractivity contribution < 1.29 is 14.5 Å². The van der Waals surface area contributed by atoms with Crippen LogP contribution in [-0.2, 0) is 16.0 Å². The zero-order valence-corrected chi connectivity index (χ0v) is 18.8. The summed E-state index contributed by atoms with van der Waals surface area (Å²) in [5, 5.41) is 6.03. The Morgan fingerprint density at radius 2 is 1.25 bits per heavy atom. The summed E-state index contributed by atoms with van der Waals surface area (Å²) in [6.07, 6.45) is 0.434. The normalized spacial score (nSPS) is 11.9. The van der Waals surface area contributed by atoms with Crippen LogP contribution in [0.25, 0.3) is 0 Å². The highest BCUT2D eigenvalue weighted by Crippen LogP contribution is 2.25. The van der Waals surface area contributed by atoms with Crippen LogP contribution in [0.3, 0.4) is 0 Å². The van der Waals surface area contributed by atoms with Crippen LogP contribution in [0.4, 0.5) is 0 Å². The van der Waals surface area contributed by atoms with Gasteiger partial charge in [0.1, 0.15) is 6.04 Å². The molecule has 1 atom stereocenters. The molecule has 0 aliphatic heterocycles. The second kappa shape index (κ2) is 11.8. The maximum absolute atomic E-state index is 13.5. The monoisotopic (exact) mass is 430 g/mol.